The highest BCUT2D eigenvalue weighted by Gasteiger charge is 2.28. The number of phenolic OH excluding ortho intramolecular Hbond substituents is 3. The van der Waals surface area contributed by atoms with Crippen molar-refractivity contribution in [2.24, 2.45) is 0 Å². The lowest BCUT2D eigenvalue weighted by Crippen LogP contribution is -2.47. The summed E-state index contributed by atoms with van der Waals surface area (Å²) in [6.45, 7) is 7.17. The van der Waals surface area contributed by atoms with Gasteiger partial charge in [-0.25, -0.2) is 9.59 Å². The zero-order chi connectivity index (χ0) is 24.5. The zero-order valence-corrected chi connectivity index (χ0v) is 18.2. The maximum atomic E-state index is 12.7. The lowest BCUT2D eigenvalue weighted by molar-refractivity contribution is -0.141. The van der Waals surface area contributed by atoms with Gasteiger partial charge in [-0.2, -0.15) is 0 Å². The van der Waals surface area contributed by atoms with Gasteiger partial charge in [-0.1, -0.05) is 0 Å². The maximum absolute atomic E-state index is 12.7. The molecular weight excluding hydrogens is 422 g/mol. The van der Waals surface area contributed by atoms with Crippen molar-refractivity contribution in [3.05, 3.63) is 45.5 Å². The minimum Gasteiger partial charge on any atom is -0.507 e. The molecule has 0 bridgehead atoms. The van der Waals surface area contributed by atoms with Crippen molar-refractivity contribution in [2.45, 2.75) is 46.8 Å². The fourth-order valence-corrected chi connectivity index (χ4v) is 3.22. The van der Waals surface area contributed by atoms with E-state index < -0.39 is 41.5 Å². The van der Waals surface area contributed by atoms with Crippen LogP contribution in [0.5, 0.6) is 23.0 Å². The summed E-state index contributed by atoms with van der Waals surface area (Å²) in [5, 5.41) is 51.4. The van der Waals surface area contributed by atoms with Gasteiger partial charge >= 0.3 is 11.9 Å². The highest BCUT2D eigenvalue weighted by Crippen LogP contribution is 2.37. The topological polar surface area (TPSA) is 174 Å². The van der Waals surface area contributed by atoms with Crippen molar-refractivity contribution in [3.63, 3.8) is 0 Å². The van der Waals surface area contributed by atoms with E-state index in [1.165, 1.54) is 33.8 Å². The van der Waals surface area contributed by atoms with E-state index in [0.29, 0.717) is 11.1 Å². The normalized spacial score (nSPS) is 12.7. The predicted octanol–water partition coefficient (Wildman–Crippen LogP) is 1.82. The second-order valence-electron chi connectivity index (χ2n) is 7.50. The Morgan fingerprint density at radius 2 is 1.50 bits per heavy atom. The number of carboxylic acid groups (broad SMARTS) is 1. The van der Waals surface area contributed by atoms with E-state index in [1.807, 2.05) is 0 Å². The molecule has 10 heteroatoms. The Balaban J connectivity index is 2.37. The van der Waals surface area contributed by atoms with E-state index in [-0.39, 0.29) is 33.8 Å². The van der Waals surface area contributed by atoms with Crippen LogP contribution in [0.4, 0.5) is 0 Å². The molecule has 6 N–H and O–H groups in total. The fraction of sp³-hybridized carbons (Fsp3) is 0.318. The quantitative estimate of drug-likeness (QED) is 0.285. The first-order valence-corrected chi connectivity index (χ1v) is 9.57. The summed E-state index contributed by atoms with van der Waals surface area (Å²) in [6.07, 6.45) is -1.38. The molecule has 2 aromatic carbocycles. The first-order chi connectivity index (χ1) is 14.8. The van der Waals surface area contributed by atoms with Gasteiger partial charge in [-0.05, 0) is 57.4 Å². The number of aryl methyl sites for hydroxylation is 1. The number of ether oxygens (including phenoxy) is 1. The molecule has 0 aliphatic heterocycles. The maximum Gasteiger partial charge on any atom is 0.347 e. The van der Waals surface area contributed by atoms with Crippen molar-refractivity contribution in [1.82, 2.24) is 5.32 Å². The smallest absolute Gasteiger partial charge is 0.347 e. The van der Waals surface area contributed by atoms with E-state index in [9.17, 15) is 34.8 Å². The fourth-order valence-electron chi connectivity index (χ4n) is 3.22. The van der Waals surface area contributed by atoms with Crippen LogP contribution in [-0.2, 0) is 4.79 Å². The minimum absolute atomic E-state index is 0.109. The molecule has 1 amide bonds. The van der Waals surface area contributed by atoms with E-state index >= 15 is 0 Å². The number of aliphatic hydroxyl groups excluding tert-OH is 1. The SMILES string of the molecule is Cc1cc(OC(=O)c2c(C)c(C)c(O)c(C)c2O)cc(O)c1C(=O)N[C@H](C(=O)O)[C@@H](C)O. The monoisotopic (exact) mass is 447 g/mol. The highest BCUT2D eigenvalue weighted by atomic mass is 16.5. The number of carbonyl (C=O) groups excluding carboxylic acids is 2. The number of rotatable bonds is 6. The van der Waals surface area contributed by atoms with E-state index in [0.717, 1.165) is 6.07 Å². The van der Waals surface area contributed by atoms with E-state index in [2.05, 4.69) is 5.32 Å². The van der Waals surface area contributed by atoms with Crippen molar-refractivity contribution in [3.8, 4) is 23.0 Å². The van der Waals surface area contributed by atoms with Crippen molar-refractivity contribution < 1.29 is 44.7 Å². The molecule has 32 heavy (non-hydrogen) atoms. The van der Waals surface area contributed by atoms with Crippen LogP contribution in [0, 0.1) is 27.7 Å². The summed E-state index contributed by atoms with van der Waals surface area (Å²) in [5.74, 6) is -4.63. The Hall–Kier alpha value is -3.79. The number of nitrogens with one attached hydrogen (secondary N) is 1. The van der Waals surface area contributed by atoms with Gasteiger partial charge < -0.3 is 35.6 Å². The third-order valence-corrected chi connectivity index (χ3v) is 5.20. The number of aliphatic hydroxyl groups is 1. The number of hydrogen-bond donors (Lipinski definition) is 6. The van der Waals surface area contributed by atoms with Crippen LogP contribution in [0.25, 0.3) is 0 Å². The molecule has 2 atom stereocenters. The number of benzene rings is 2. The minimum atomic E-state index is -1.59. The van der Waals surface area contributed by atoms with Crippen LogP contribution < -0.4 is 10.1 Å². The van der Waals surface area contributed by atoms with Gasteiger partial charge in [0.25, 0.3) is 5.91 Å². The van der Waals surface area contributed by atoms with Crippen molar-refractivity contribution >= 4 is 17.8 Å². The summed E-state index contributed by atoms with van der Waals surface area (Å²) >= 11 is 0. The average molecular weight is 447 g/mol. The van der Waals surface area contributed by atoms with Gasteiger partial charge in [-0.3, -0.25) is 4.79 Å². The van der Waals surface area contributed by atoms with E-state index in [4.69, 9.17) is 9.84 Å². The highest BCUT2D eigenvalue weighted by molar-refractivity contribution is 6.01. The summed E-state index contributed by atoms with van der Waals surface area (Å²) in [5.41, 5.74) is 0.566. The van der Waals surface area contributed by atoms with Crippen LogP contribution in [0.2, 0.25) is 0 Å². The van der Waals surface area contributed by atoms with Crippen LogP contribution in [-0.4, -0.2) is 55.5 Å². The zero-order valence-electron chi connectivity index (χ0n) is 18.2. The molecule has 0 heterocycles. The Kier molecular flexibility index (Phi) is 7.00. The van der Waals surface area contributed by atoms with Gasteiger partial charge in [0, 0.05) is 11.6 Å². The first kappa shape index (κ1) is 24.5. The second-order valence-corrected chi connectivity index (χ2v) is 7.50. The molecule has 0 fully saturated rings. The number of carbonyl (C=O) groups is 3. The number of aromatic hydroxyl groups is 3. The molecule has 0 aliphatic carbocycles. The molecule has 0 saturated carbocycles. The largest absolute Gasteiger partial charge is 0.507 e. The number of carboxylic acids is 1. The molecule has 172 valence electrons. The third-order valence-electron chi connectivity index (χ3n) is 5.20. The number of esters is 1. The molecular formula is C22H25NO9. The Morgan fingerprint density at radius 1 is 0.906 bits per heavy atom. The summed E-state index contributed by atoms with van der Waals surface area (Å²) in [7, 11) is 0. The molecule has 0 saturated heterocycles. The Labute approximate surface area is 183 Å². The molecule has 0 aromatic heterocycles. The summed E-state index contributed by atoms with van der Waals surface area (Å²) in [6, 6.07) is 0.674. The van der Waals surface area contributed by atoms with Crippen molar-refractivity contribution in [2.75, 3.05) is 0 Å². The van der Waals surface area contributed by atoms with Gasteiger partial charge in [0.2, 0.25) is 0 Å². The van der Waals surface area contributed by atoms with Crippen LogP contribution >= 0.6 is 0 Å². The van der Waals surface area contributed by atoms with Crippen LogP contribution in [0.1, 0.15) is 49.9 Å². The molecule has 0 unspecified atom stereocenters. The van der Waals surface area contributed by atoms with Gasteiger partial charge in [0.05, 0.1) is 11.7 Å². The van der Waals surface area contributed by atoms with Gasteiger partial charge in [-0.15, -0.1) is 0 Å². The van der Waals surface area contributed by atoms with Crippen LogP contribution in [0.3, 0.4) is 0 Å². The molecule has 0 radical (unpaired) electrons. The number of phenols is 3. The Bertz CT molecular complexity index is 1050. The lowest BCUT2D eigenvalue weighted by Gasteiger charge is -2.19. The number of aliphatic carboxylic acids is 1. The van der Waals surface area contributed by atoms with Gasteiger partial charge in [0.15, 0.2) is 6.04 Å². The van der Waals surface area contributed by atoms with Gasteiger partial charge in [0.1, 0.15) is 28.6 Å². The molecule has 2 aromatic rings. The first-order valence-electron chi connectivity index (χ1n) is 9.57. The standard InChI is InChI=1S/C22H25NO9/c1-8-6-13(7-14(25)15(8)20(28)23-17(12(5)24)21(29)30)32-22(31)16-9(2)10(3)18(26)11(4)19(16)27/h6-7,12,17,24-27H,1-5H3,(H,23,28)(H,29,30)/t12-,17+/m1/s1. The summed E-state index contributed by atoms with van der Waals surface area (Å²) < 4.78 is 5.26. The molecule has 2 rings (SSSR count). The second kappa shape index (κ2) is 9.15. The molecule has 10 nitrogen and oxygen atoms in total. The predicted molar refractivity (Wildman–Crippen MR) is 112 cm³/mol. The van der Waals surface area contributed by atoms with Crippen LogP contribution in [0.15, 0.2) is 12.1 Å². The summed E-state index contributed by atoms with van der Waals surface area (Å²) in [4.78, 5) is 36.3. The number of amides is 1. The van der Waals surface area contributed by atoms with Crippen molar-refractivity contribution in [1.29, 1.82) is 0 Å². The number of hydrogen-bond acceptors (Lipinski definition) is 8. The average Bonchev–Trinajstić information content (AvgIpc) is 2.68. The Morgan fingerprint density at radius 3 is 2.00 bits per heavy atom. The molecule has 0 aliphatic rings. The lowest BCUT2D eigenvalue weighted by atomic mass is 9.97. The molecule has 0 spiro atoms. The third kappa shape index (κ3) is 4.59. The van der Waals surface area contributed by atoms with E-state index in [1.54, 1.807) is 6.92 Å².